The molecule has 149 heavy (non-hydrogen) atoms. The van der Waals surface area contributed by atoms with Gasteiger partial charge in [0.05, 0.1) is 124 Å². The molecule has 12 N–H and O–H groups in total. The summed E-state index contributed by atoms with van der Waals surface area (Å²) < 4.78 is 71.5. The second-order valence-electron chi connectivity index (χ2n) is 50.0. The van der Waals surface area contributed by atoms with Crippen LogP contribution < -0.4 is 0 Å². The molecular formula is C108H177Cl5N4O32. The van der Waals surface area contributed by atoms with Crippen LogP contribution in [0.3, 0.4) is 0 Å². The van der Waals surface area contributed by atoms with Crippen LogP contribution in [0.2, 0.25) is 0 Å². The second kappa shape index (κ2) is 44.9. The molecule has 8 aliphatic heterocycles. The normalized spacial score (nSPS) is 46.3. The van der Waals surface area contributed by atoms with Crippen molar-refractivity contribution in [1.82, 2.24) is 19.6 Å². The minimum absolute atomic E-state index is 0. The highest BCUT2D eigenvalue weighted by Gasteiger charge is 2.87. The molecule has 16 fully saturated rings. The molecule has 0 radical (unpaired) electrons. The Morgan fingerprint density at radius 1 is 0.295 bits per heavy atom. The monoisotopic (exact) mass is 2220 g/mol. The van der Waals surface area contributed by atoms with E-state index in [2.05, 4.69) is 26.3 Å². The first-order valence-electron chi connectivity index (χ1n) is 52.3. The van der Waals surface area contributed by atoms with Crippen LogP contribution in [0.1, 0.15) is 243 Å². The number of halogens is 5. The lowest BCUT2D eigenvalue weighted by Crippen LogP contribution is -2.86. The number of hydrogen-bond donors (Lipinski definition) is 12. The number of ketones is 4. The molecule has 8 saturated heterocycles. The standard InChI is InChI=1S/4C27H43NO8.5ClH/c4*1-8-24(5)15-18(30)27(33)25(6)17(29)9-10-23(3,4)20(25)19(31)21(26(27,7)36-24)35-22(32)16(2)28-11-13-34-14-12-28;;;;;/h4*8,16-17,19-21,29,31,33H,1,9-15H2,2-7H3;5*1H. The van der Waals surface area contributed by atoms with Gasteiger partial charge in [0.1, 0.15) is 46.6 Å². The number of ether oxygens (including phenoxy) is 12. The molecule has 8 aliphatic carbocycles. The average molecular weight is 2220 g/mol. The van der Waals surface area contributed by atoms with Gasteiger partial charge in [-0.1, -0.05) is 107 Å². The fourth-order valence-corrected chi connectivity index (χ4v) is 31.3. The maximum atomic E-state index is 13.9. The molecular weight excluding hydrogens is 2040 g/mol. The predicted molar refractivity (Wildman–Crippen MR) is 560 cm³/mol. The molecule has 8 heterocycles. The fraction of sp³-hybridized carbons (Fsp3) is 0.852. The van der Waals surface area contributed by atoms with E-state index in [1.165, 1.54) is 52.0 Å². The Morgan fingerprint density at radius 3 is 0.584 bits per heavy atom. The number of aliphatic hydroxyl groups excluding tert-OH is 8. The van der Waals surface area contributed by atoms with Gasteiger partial charge in [0.15, 0.2) is 70.0 Å². The molecule has 856 valence electrons. The van der Waals surface area contributed by atoms with Crippen molar-refractivity contribution in [3.63, 3.8) is 0 Å². The summed E-state index contributed by atoms with van der Waals surface area (Å²) in [6.07, 6.45) is -5.84. The van der Waals surface area contributed by atoms with Crippen molar-refractivity contribution < 1.29 is 156 Å². The van der Waals surface area contributed by atoms with E-state index in [0.29, 0.717) is 157 Å². The largest absolute Gasteiger partial charge is 0.455 e. The zero-order valence-electron chi connectivity index (χ0n) is 91.8. The first-order chi connectivity index (χ1) is 66.4. The molecule has 0 aromatic carbocycles. The van der Waals surface area contributed by atoms with Crippen LogP contribution in [-0.4, -0.2) is 398 Å². The zero-order valence-corrected chi connectivity index (χ0v) is 95.9. The van der Waals surface area contributed by atoms with Crippen molar-refractivity contribution >= 4 is 109 Å². The van der Waals surface area contributed by atoms with Crippen molar-refractivity contribution in [3.05, 3.63) is 50.6 Å². The van der Waals surface area contributed by atoms with E-state index in [0.717, 1.165) is 0 Å². The molecule has 0 bridgehead atoms. The Bertz CT molecular complexity index is 4290. The van der Waals surface area contributed by atoms with E-state index in [4.69, 9.17) is 56.8 Å². The summed E-state index contributed by atoms with van der Waals surface area (Å²) in [5, 5.41) is 143. The van der Waals surface area contributed by atoms with Gasteiger partial charge in [-0.15, -0.1) is 88.4 Å². The molecule has 0 aromatic heterocycles. The third-order valence-corrected chi connectivity index (χ3v) is 39.6. The van der Waals surface area contributed by atoms with E-state index in [-0.39, 0.29) is 87.7 Å². The van der Waals surface area contributed by atoms with Gasteiger partial charge < -0.3 is 118 Å². The zero-order chi connectivity index (χ0) is 108. The van der Waals surface area contributed by atoms with Crippen LogP contribution in [0, 0.1) is 67.0 Å². The summed E-state index contributed by atoms with van der Waals surface area (Å²) in [7, 11) is 0. The van der Waals surface area contributed by atoms with E-state index >= 15 is 0 Å². The topological polar surface area (TPSA) is 503 Å². The lowest BCUT2D eigenvalue weighted by Gasteiger charge is -2.71. The van der Waals surface area contributed by atoms with Crippen molar-refractivity contribution in [2.45, 2.75) is 408 Å². The van der Waals surface area contributed by atoms with Crippen molar-refractivity contribution in [3.8, 4) is 0 Å². The summed E-state index contributed by atoms with van der Waals surface area (Å²) in [6, 6.07) is -2.50. The van der Waals surface area contributed by atoms with Crippen molar-refractivity contribution in [1.29, 1.82) is 0 Å². The highest BCUT2D eigenvalue weighted by molar-refractivity contribution is 5.96. The Labute approximate surface area is 910 Å². The molecule has 0 amide bonds. The third-order valence-electron chi connectivity index (χ3n) is 39.6. The Balaban J connectivity index is 0.000000239. The highest BCUT2D eigenvalue weighted by Crippen LogP contribution is 2.73. The molecule has 0 spiro atoms. The summed E-state index contributed by atoms with van der Waals surface area (Å²) in [5.74, 6) is -7.37. The first-order valence-corrected chi connectivity index (χ1v) is 52.3. The van der Waals surface area contributed by atoms with Crippen LogP contribution >= 0.6 is 62.0 Å². The maximum absolute atomic E-state index is 13.9. The van der Waals surface area contributed by atoms with Crippen molar-refractivity contribution in [2.24, 2.45) is 67.0 Å². The van der Waals surface area contributed by atoms with Gasteiger partial charge in [-0.3, -0.25) is 58.0 Å². The molecule has 36 nitrogen and oxygen atoms in total. The molecule has 16 aliphatic rings. The van der Waals surface area contributed by atoms with Crippen molar-refractivity contribution in [2.75, 3.05) is 105 Å². The van der Waals surface area contributed by atoms with E-state index in [9.17, 15) is 99.6 Å². The number of morpholine rings is 4. The van der Waals surface area contributed by atoms with Crippen LogP contribution in [0.25, 0.3) is 0 Å². The molecule has 0 aromatic rings. The molecule has 8 saturated carbocycles. The van der Waals surface area contributed by atoms with Gasteiger partial charge in [-0.05, 0) is 156 Å². The third kappa shape index (κ3) is 20.1. The smallest absolute Gasteiger partial charge is 0.323 e. The predicted octanol–water partition coefficient (Wildman–Crippen LogP) is 6.99. The second-order valence-corrected chi connectivity index (χ2v) is 50.0. The quantitative estimate of drug-likeness (QED) is 0.0420. The van der Waals surface area contributed by atoms with Gasteiger partial charge in [-0.2, -0.15) is 0 Å². The fourth-order valence-electron chi connectivity index (χ4n) is 31.3. The molecule has 36 atom stereocenters. The van der Waals surface area contributed by atoms with Crippen LogP contribution in [0.5, 0.6) is 0 Å². The summed E-state index contributed by atoms with van der Waals surface area (Å²) >= 11 is 0. The van der Waals surface area contributed by atoms with Gasteiger partial charge in [0.2, 0.25) is 0 Å². The van der Waals surface area contributed by atoms with E-state index in [1.807, 2.05) is 75.0 Å². The number of hydrogen-bond acceptors (Lipinski definition) is 36. The molecule has 16 rings (SSSR count). The number of Topliss-reactive ketones (excluding diaryl/α,β-unsaturated/α-hetero) is 4. The Kier molecular flexibility index (Phi) is 39.3. The Hall–Kier alpha value is -3.99. The lowest BCUT2D eigenvalue weighted by molar-refractivity contribution is -0.371. The summed E-state index contributed by atoms with van der Waals surface area (Å²) in [6.45, 7) is 65.8. The highest BCUT2D eigenvalue weighted by atomic mass is 35.5. The maximum Gasteiger partial charge on any atom is 0.323 e. The number of nitrogens with zero attached hydrogens (tertiary/aromatic N) is 4. The minimum Gasteiger partial charge on any atom is -0.455 e. The number of rotatable bonds is 16. The van der Waals surface area contributed by atoms with Gasteiger partial charge in [-0.25, -0.2) is 0 Å². The average Bonchev–Trinajstić information content (AvgIpc) is 0.671. The lowest BCUT2D eigenvalue weighted by atomic mass is 9.40. The molecule has 36 unspecified atom stereocenters. The Morgan fingerprint density at radius 2 is 0.443 bits per heavy atom. The first kappa shape index (κ1) is 130. The number of carbonyl (C=O) groups is 8. The number of aliphatic hydroxyl groups is 12. The SMILES string of the molecule is C=CC1(C)CC(=O)C2(O)C(C)(O1)C(OC(=O)C(C)N1CCOCC1)C(O)C1C(C)(C)CCC(O)C12C.C=CC1(C)CC(=O)C2(O)C(C)(O1)C(OC(=O)C(C)N1CCOCC1)C(O)C1C(C)(C)CCC(O)C12C.C=CC1(C)CC(=O)C2(O)C(C)(O1)C(OC(=O)C(C)N1CCOCC1)C(O)C1C(C)(C)CCC(O)C12C.C=CC1(C)CC(=O)C2(O)C(C)(O1)C(OC(=O)C(C)N1CCOCC1)C(O)C1C(C)(C)CCC(O)C12C.Cl.Cl.Cl.Cl.Cl. The van der Waals surface area contributed by atoms with E-state index < -0.39 is 279 Å². The van der Waals surface area contributed by atoms with Crippen LogP contribution in [0.15, 0.2) is 50.6 Å². The molecule has 41 heteroatoms. The summed E-state index contributed by atoms with van der Waals surface area (Å²) in [5.41, 5.74) is -28.9. The van der Waals surface area contributed by atoms with Gasteiger partial charge in [0.25, 0.3) is 0 Å². The van der Waals surface area contributed by atoms with Gasteiger partial charge >= 0.3 is 23.9 Å². The number of fused-ring (bicyclic) bond motifs is 12. The van der Waals surface area contributed by atoms with Crippen LogP contribution in [0.4, 0.5) is 0 Å². The minimum atomic E-state index is -2.23. The number of esters is 4. The van der Waals surface area contributed by atoms with Gasteiger partial charge in [0, 0.05) is 123 Å². The van der Waals surface area contributed by atoms with E-state index in [1.54, 1.807) is 83.1 Å². The number of carbonyl (C=O) groups excluding carboxylic acids is 8. The summed E-state index contributed by atoms with van der Waals surface area (Å²) in [4.78, 5) is 117. The van der Waals surface area contributed by atoms with Crippen LogP contribution in [-0.2, 0) is 95.2 Å².